The van der Waals surface area contributed by atoms with Gasteiger partial charge in [-0.05, 0) is 48.9 Å². The maximum atomic E-state index is 12.9. The van der Waals surface area contributed by atoms with Crippen molar-refractivity contribution in [3.63, 3.8) is 0 Å². The van der Waals surface area contributed by atoms with Crippen LogP contribution in [0.2, 0.25) is 0 Å². The van der Waals surface area contributed by atoms with Gasteiger partial charge in [0.15, 0.2) is 0 Å². The van der Waals surface area contributed by atoms with Crippen molar-refractivity contribution in [3.8, 4) is 5.75 Å². The summed E-state index contributed by atoms with van der Waals surface area (Å²) >= 11 is 3.39. The number of amides is 1. The van der Waals surface area contributed by atoms with E-state index in [2.05, 4.69) is 15.9 Å². The van der Waals surface area contributed by atoms with Crippen LogP contribution in [-0.4, -0.2) is 59.8 Å². The highest BCUT2D eigenvalue weighted by atomic mass is 79.9. The van der Waals surface area contributed by atoms with Crippen molar-refractivity contribution in [2.45, 2.75) is 13.0 Å². The number of hydrogen-bond donors (Lipinski definition) is 2. The van der Waals surface area contributed by atoms with Crippen LogP contribution in [-0.2, 0) is 14.3 Å². The molecule has 7 nitrogen and oxygen atoms in total. The smallest absolute Gasteiger partial charge is 0.295 e. The summed E-state index contributed by atoms with van der Waals surface area (Å²) in [6.07, 6.45) is 0. The van der Waals surface area contributed by atoms with Crippen molar-refractivity contribution >= 4 is 33.4 Å². The third kappa shape index (κ3) is 5.15. The number of benzene rings is 2. The van der Waals surface area contributed by atoms with E-state index in [9.17, 15) is 14.7 Å². The first-order valence-corrected chi connectivity index (χ1v) is 10.7. The van der Waals surface area contributed by atoms with Gasteiger partial charge in [-0.25, -0.2) is 0 Å². The Morgan fingerprint density at radius 2 is 1.74 bits per heavy atom. The van der Waals surface area contributed by atoms with Gasteiger partial charge >= 0.3 is 0 Å². The van der Waals surface area contributed by atoms with Gasteiger partial charge in [-0.15, -0.1) is 0 Å². The highest BCUT2D eigenvalue weighted by Crippen LogP contribution is 2.39. The number of halogens is 1. The molecule has 1 atom stereocenters. The lowest BCUT2D eigenvalue weighted by Gasteiger charge is -2.25. The summed E-state index contributed by atoms with van der Waals surface area (Å²) in [6, 6.07) is 13.2. The molecular weight excluding hydrogens is 466 g/mol. The van der Waals surface area contributed by atoms with Crippen LogP contribution < -0.4 is 4.74 Å². The molecule has 1 amide bonds. The van der Waals surface area contributed by atoms with Crippen LogP contribution in [0.25, 0.3) is 5.76 Å². The van der Waals surface area contributed by atoms with E-state index in [1.807, 2.05) is 19.1 Å². The third-order valence-electron chi connectivity index (χ3n) is 4.88. The Morgan fingerprint density at radius 3 is 2.35 bits per heavy atom. The van der Waals surface area contributed by atoms with Crippen molar-refractivity contribution in [3.05, 3.63) is 69.7 Å². The molecule has 2 N–H and O–H groups in total. The monoisotopic (exact) mass is 489 g/mol. The number of ether oxygens (including phenoxy) is 2. The molecule has 3 rings (SSSR count). The fourth-order valence-electron chi connectivity index (χ4n) is 3.46. The molecule has 31 heavy (non-hydrogen) atoms. The van der Waals surface area contributed by atoms with Crippen LogP contribution in [0.15, 0.2) is 58.6 Å². The first-order valence-electron chi connectivity index (χ1n) is 9.93. The maximum Gasteiger partial charge on any atom is 0.295 e. The van der Waals surface area contributed by atoms with Gasteiger partial charge in [0.05, 0.1) is 38.0 Å². The van der Waals surface area contributed by atoms with Gasteiger partial charge in [0.1, 0.15) is 11.5 Å². The van der Waals surface area contributed by atoms with Crippen LogP contribution >= 0.6 is 15.9 Å². The summed E-state index contributed by atoms with van der Waals surface area (Å²) in [5.41, 5.74) is 1.13. The van der Waals surface area contributed by atoms with E-state index < -0.39 is 17.7 Å². The van der Waals surface area contributed by atoms with Gasteiger partial charge in [-0.3, -0.25) is 9.59 Å². The number of Topliss-reactive ketones (excluding diaryl/α,β-unsaturated/α-hetero) is 1. The number of aliphatic hydroxyl groups is 2. The first kappa shape index (κ1) is 23.0. The van der Waals surface area contributed by atoms with Crippen LogP contribution in [0.5, 0.6) is 5.75 Å². The molecule has 0 aromatic heterocycles. The molecule has 0 bridgehead atoms. The van der Waals surface area contributed by atoms with Gasteiger partial charge in [0, 0.05) is 16.6 Å². The van der Waals surface area contributed by atoms with Crippen LogP contribution in [0.4, 0.5) is 0 Å². The average Bonchev–Trinajstić information content (AvgIpc) is 3.02. The number of ketones is 1. The van der Waals surface area contributed by atoms with E-state index in [0.717, 1.165) is 4.47 Å². The predicted molar refractivity (Wildman–Crippen MR) is 119 cm³/mol. The number of carbonyl (C=O) groups is 2. The normalized spacial score (nSPS) is 17.9. The highest BCUT2D eigenvalue weighted by molar-refractivity contribution is 9.10. The standard InChI is InChI=1S/C23H24BrNO6/c1-2-31-18-9-5-16(6-10-18)21(27)19-20(15-3-7-17(24)8-4-15)25(23(29)22(19)28)11-13-30-14-12-26/h3-10,20,26-27H,2,11-14H2,1H3/t20-/m1/s1. The van der Waals surface area contributed by atoms with E-state index >= 15 is 0 Å². The SMILES string of the molecule is CCOc1ccc(C(O)=C2C(=O)C(=O)N(CCOCCO)[C@@H]2c2ccc(Br)cc2)cc1. The zero-order valence-corrected chi connectivity index (χ0v) is 18.7. The average molecular weight is 490 g/mol. The second-order valence-electron chi connectivity index (χ2n) is 6.84. The van der Waals surface area contributed by atoms with Gasteiger partial charge in [0.25, 0.3) is 11.7 Å². The van der Waals surface area contributed by atoms with Gasteiger partial charge in [-0.1, -0.05) is 28.1 Å². The molecule has 8 heteroatoms. The molecule has 2 aromatic carbocycles. The summed E-state index contributed by atoms with van der Waals surface area (Å²) in [4.78, 5) is 27.1. The second kappa shape index (κ2) is 10.6. The Labute approximate surface area is 189 Å². The Morgan fingerprint density at radius 1 is 1.06 bits per heavy atom. The molecule has 1 heterocycles. The topological polar surface area (TPSA) is 96.3 Å². The van der Waals surface area contributed by atoms with Crippen LogP contribution in [0, 0.1) is 0 Å². The van der Waals surface area contributed by atoms with Gasteiger partial charge < -0.3 is 24.6 Å². The molecule has 0 radical (unpaired) electrons. The van der Waals surface area contributed by atoms with Crippen LogP contribution in [0.1, 0.15) is 24.1 Å². The Balaban J connectivity index is 2.02. The molecule has 1 aliphatic rings. The van der Waals surface area contributed by atoms with E-state index in [1.165, 1.54) is 4.90 Å². The molecule has 1 fully saturated rings. The Bertz CT molecular complexity index is 955. The van der Waals surface area contributed by atoms with Crippen molar-refractivity contribution < 1.29 is 29.3 Å². The fourth-order valence-corrected chi connectivity index (χ4v) is 3.73. The lowest BCUT2D eigenvalue weighted by molar-refractivity contribution is -0.140. The summed E-state index contributed by atoms with van der Waals surface area (Å²) in [6.45, 7) is 2.69. The second-order valence-corrected chi connectivity index (χ2v) is 7.75. The minimum absolute atomic E-state index is 0.0265. The molecule has 164 valence electrons. The highest BCUT2D eigenvalue weighted by Gasteiger charge is 2.45. The summed E-state index contributed by atoms with van der Waals surface area (Å²) in [7, 11) is 0. The fraction of sp³-hybridized carbons (Fsp3) is 0.304. The van der Waals surface area contributed by atoms with E-state index in [1.54, 1.807) is 36.4 Å². The summed E-state index contributed by atoms with van der Waals surface area (Å²) in [5.74, 6) is -1.05. The number of aliphatic hydroxyl groups excluding tert-OH is 2. The molecule has 0 unspecified atom stereocenters. The predicted octanol–water partition coefficient (Wildman–Crippen LogP) is 3.28. The van der Waals surface area contributed by atoms with Crippen molar-refractivity contribution in [2.24, 2.45) is 0 Å². The molecule has 0 aliphatic carbocycles. The van der Waals surface area contributed by atoms with E-state index in [4.69, 9.17) is 14.6 Å². The number of likely N-dealkylation sites (tertiary alicyclic amines) is 1. The molecule has 0 saturated carbocycles. The Kier molecular flexibility index (Phi) is 7.84. The minimum atomic E-state index is -0.752. The maximum absolute atomic E-state index is 12.9. The number of rotatable bonds is 9. The Hall–Kier alpha value is -2.68. The molecule has 0 spiro atoms. The molecule has 1 aliphatic heterocycles. The van der Waals surface area contributed by atoms with Gasteiger partial charge in [0.2, 0.25) is 0 Å². The lowest BCUT2D eigenvalue weighted by Crippen LogP contribution is -2.33. The number of hydrogen-bond acceptors (Lipinski definition) is 6. The van der Waals surface area contributed by atoms with E-state index in [-0.39, 0.29) is 37.7 Å². The first-order chi connectivity index (χ1) is 15.0. The van der Waals surface area contributed by atoms with Crippen molar-refractivity contribution in [1.82, 2.24) is 4.90 Å². The molecule has 2 aromatic rings. The third-order valence-corrected chi connectivity index (χ3v) is 5.41. The molecule has 1 saturated heterocycles. The zero-order valence-electron chi connectivity index (χ0n) is 17.1. The summed E-state index contributed by atoms with van der Waals surface area (Å²) in [5, 5.41) is 19.9. The number of carbonyl (C=O) groups excluding carboxylic acids is 2. The largest absolute Gasteiger partial charge is 0.507 e. The van der Waals surface area contributed by atoms with E-state index in [0.29, 0.717) is 23.5 Å². The molecular formula is C23H24BrNO6. The minimum Gasteiger partial charge on any atom is -0.507 e. The zero-order chi connectivity index (χ0) is 22.4. The van der Waals surface area contributed by atoms with Gasteiger partial charge in [-0.2, -0.15) is 0 Å². The van der Waals surface area contributed by atoms with Crippen molar-refractivity contribution in [1.29, 1.82) is 0 Å². The number of nitrogens with zero attached hydrogens (tertiary/aromatic N) is 1. The lowest BCUT2D eigenvalue weighted by atomic mass is 9.95. The summed E-state index contributed by atoms with van der Waals surface area (Å²) < 4.78 is 11.6. The van der Waals surface area contributed by atoms with Crippen LogP contribution in [0.3, 0.4) is 0 Å². The quantitative estimate of drug-likeness (QED) is 0.243. The van der Waals surface area contributed by atoms with Crippen molar-refractivity contribution in [2.75, 3.05) is 33.0 Å².